The molecule has 6 heteroatoms. The fourth-order valence-corrected chi connectivity index (χ4v) is 1.87. The first-order chi connectivity index (χ1) is 9.49. The molecule has 1 aliphatic carbocycles. The van der Waals surface area contributed by atoms with Crippen molar-refractivity contribution in [3.05, 3.63) is 23.8 Å². The lowest BCUT2D eigenvalue weighted by atomic mass is 10.2. The molecule has 2 amide bonds. The number of amides is 2. The number of nitrogens with one attached hydrogen (secondary N) is 2. The molecule has 108 valence electrons. The monoisotopic (exact) mass is 278 g/mol. The Balaban J connectivity index is 2.04. The van der Waals surface area contributed by atoms with Crippen molar-refractivity contribution in [3.8, 4) is 5.75 Å². The predicted molar refractivity (Wildman–Crippen MR) is 73.6 cm³/mol. The Bertz CT molecular complexity index is 538. The van der Waals surface area contributed by atoms with E-state index in [0.29, 0.717) is 24.3 Å². The van der Waals surface area contributed by atoms with E-state index in [-0.39, 0.29) is 6.61 Å². The molecule has 1 saturated carbocycles. The van der Waals surface area contributed by atoms with Gasteiger partial charge in [0.2, 0.25) is 0 Å². The van der Waals surface area contributed by atoms with E-state index in [1.165, 1.54) is 7.11 Å². The normalized spacial score (nSPS) is 15.3. The third-order valence-electron chi connectivity index (χ3n) is 3.34. The number of carbonyl (C=O) groups is 2. The van der Waals surface area contributed by atoms with Crippen molar-refractivity contribution in [2.24, 2.45) is 0 Å². The largest absolute Gasteiger partial charge is 0.495 e. The molecule has 0 heterocycles. The highest BCUT2D eigenvalue weighted by atomic mass is 16.5. The highest BCUT2D eigenvalue weighted by Crippen LogP contribution is 2.34. The number of carbonyl (C=O) groups excluding carboxylic acids is 2. The molecule has 0 bridgehead atoms. The molecule has 1 aromatic carbocycles. The number of anilines is 1. The topological polar surface area (TPSA) is 87.7 Å². The summed E-state index contributed by atoms with van der Waals surface area (Å²) in [4.78, 5) is 23.6. The van der Waals surface area contributed by atoms with Gasteiger partial charge in [0, 0.05) is 0 Å². The highest BCUT2D eigenvalue weighted by Gasteiger charge is 2.44. The second kappa shape index (κ2) is 5.50. The summed E-state index contributed by atoms with van der Waals surface area (Å²) >= 11 is 0. The Morgan fingerprint density at radius 3 is 2.60 bits per heavy atom. The quantitative estimate of drug-likeness (QED) is 0.703. The van der Waals surface area contributed by atoms with Gasteiger partial charge in [-0.25, -0.2) is 0 Å². The zero-order chi connectivity index (χ0) is 14.8. The lowest BCUT2D eigenvalue weighted by molar-refractivity contribution is -0.137. The predicted octanol–water partition coefficient (Wildman–Crippen LogP) is 0.583. The van der Waals surface area contributed by atoms with Gasteiger partial charge < -0.3 is 20.5 Å². The smallest absolute Gasteiger partial charge is 0.313 e. The Hall–Kier alpha value is -2.08. The van der Waals surface area contributed by atoms with Crippen LogP contribution in [0.25, 0.3) is 0 Å². The molecule has 0 aliphatic heterocycles. The zero-order valence-electron chi connectivity index (χ0n) is 11.5. The van der Waals surface area contributed by atoms with E-state index < -0.39 is 17.4 Å². The number of aryl methyl sites for hydroxylation is 1. The van der Waals surface area contributed by atoms with Gasteiger partial charge >= 0.3 is 11.8 Å². The number of hydrogen-bond donors (Lipinski definition) is 3. The summed E-state index contributed by atoms with van der Waals surface area (Å²) in [6, 6.07) is 5.29. The minimum Gasteiger partial charge on any atom is -0.495 e. The molecule has 1 fully saturated rings. The van der Waals surface area contributed by atoms with Gasteiger partial charge in [-0.05, 0) is 37.5 Å². The van der Waals surface area contributed by atoms with Crippen LogP contribution >= 0.6 is 0 Å². The fraction of sp³-hybridized carbons (Fsp3) is 0.429. The van der Waals surface area contributed by atoms with E-state index in [4.69, 9.17) is 9.84 Å². The summed E-state index contributed by atoms with van der Waals surface area (Å²) < 4.78 is 5.13. The van der Waals surface area contributed by atoms with Gasteiger partial charge in [0.1, 0.15) is 5.75 Å². The van der Waals surface area contributed by atoms with Crippen LogP contribution in [0.2, 0.25) is 0 Å². The first kappa shape index (κ1) is 14.3. The number of hydrogen-bond acceptors (Lipinski definition) is 4. The standard InChI is InChI=1S/C14H18N2O4/c1-9-3-4-11(20-2)10(7-9)15-12(18)13(19)16-14(8-17)5-6-14/h3-4,7,17H,5-6,8H2,1-2H3,(H,15,18)(H,16,19). The molecule has 0 spiro atoms. The van der Waals surface area contributed by atoms with E-state index in [1.807, 2.05) is 13.0 Å². The van der Waals surface area contributed by atoms with Gasteiger partial charge in [-0.3, -0.25) is 9.59 Å². The van der Waals surface area contributed by atoms with Gasteiger partial charge in [0.05, 0.1) is 24.9 Å². The van der Waals surface area contributed by atoms with Crippen molar-refractivity contribution in [2.75, 3.05) is 19.0 Å². The van der Waals surface area contributed by atoms with Crippen molar-refractivity contribution in [3.63, 3.8) is 0 Å². The summed E-state index contributed by atoms with van der Waals surface area (Å²) in [5, 5.41) is 14.2. The van der Waals surface area contributed by atoms with Crippen molar-refractivity contribution in [1.29, 1.82) is 0 Å². The summed E-state index contributed by atoms with van der Waals surface area (Å²) in [7, 11) is 1.49. The highest BCUT2D eigenvalue weighted by molar-refractivity contribution is 6.40. The first-order valence-corrected chi connectivity index (χ1v) is 6.39. The van der Waals surface area contributed by atoms with E-state index in [1.54, 1.807) is 12.1 Å². The van der Waals surface area contributed by atoms with E-state index >= 15 is 0 Å². The van der Waals surface area contributed by atoms with Gasteiger partial charge in [0.25, 0.3) is 0 Å². The zero-order valence-corrected chi connectivity index (χ0v) is 11.5. The van der Waals surface area contributed by atoms with E-state index in [2.05, 4.69) is 10.6 Å². The van der Waals surface area contributed by atoms with E-state index in [0.717, 1.165) is 5.56 Å². The Morgan fingerprint density at radius 1 is 1.35 bits per heavy atom. The lowest BCUT2D eigenvalue weighted by Gasteiger charge is -2.15. The maximum Gasteiger partial charge on any atom is 0.313 e. The van der Waals surface area contributed by atoms with Crippen molar-refractivity contribution < 1.29 is 19.4 Å². The molecule has 1 aliphatic rings. The van der Waals surface area contributed by atoms with Crippen LogP contribution in [-0.4, -0.2) is 36.2 Å². The molecule has 2 rings (SSSR count). The number of aliphatic hydroxyl groups excluding tert-OH is 1. The van der Waals surface area contributed by atoms with Crippen LogP contribution in [0.5, 0.6) is 5.75 Å². The Kier molecular flexibility index (Phi) is 3.94. The molecular weight excluding hydrogens is 260 g/mol. The molecule has 0 atom stereocenters. The number of methoxy groups -OCH3 is 1. The molecule has 0 radical (unpaired) electrons. The van der Waals surface area contributed by atoms with Crippen LogP contribution in [-0.2, 0) is 9.59 Å². The molecule has 0 saturated heterocycles. The maximum absolute atomic E-state index is 11.9. The van der Waals surface area contributed by atoms with Crippen LogP contribution in [0, 0.1) is 6.92 Å². The molecule has 0 aromatic heterocycles. The van der Waals surface area contributed by atoms with Gasteiger partial charge in [-0.1, -0.05) is 6.07 Å². The van der Waals surface area contributed by atoms with Crippen LogP contribution in [0.4, 0.5) is 5.69 Å². The Morgan fingerprint density at radius 2 is 2.05 bits per heavy atom. The molecule has 0 unspecified atom stereocenters. The van der Waals surface area contributed by atoms with Crippen molar-refractivity contribution >= 4 is 17.5 Å². The molecule has 1 aromatic rings. The third kappa shape index (κ3) is 3.08. The number of benzene rings is 1. The van der Waals surface area contributed by atoms with Gasteiger partial charge in [-0.15, -0.1) is 0 Å². The van der Waals surface area contributed by atoms with Crippen LogP contribution in [0.3, 0.4) is 0 Å². The van der Waals surface area contributed by atoms with Gasteiger partial charge in [-0.2, -0.15) is 0 Å². The maximum atomic E-state index is 11.9. The summed E-state index contributed by atoms with van der Waals surface area (Å²) in [5.74, 6) is -1.03. The lowest BCUT2D eigenvalue weighted by Crippen LogP contribution is -2.45. The van der Waals surface area contributed by atoms with Crippen LogP contribution in [0.1, 0.15) is 18.4 Å². The minimum atomic E-state index is -0.770. The second-order valence-electron chi connectivity index (χ2n) is 5.05. The Labute approximate surface area is 117 Å². The van der Waals surface area contributed by atoms with Crippen LogP contribution in [0.15, 0.2) is 18.2 Å². The summed E-state index contributed by atoms with van der Waals surface area (Å²) in [6.07, 6.45) is 1.38. The minimum absolute atomic E-state index is 0.153. The van der Waals surface area contributed by atoms with Crippen LogP contribution < -0.4 is 15.4 Å². The number of ether oxygens (including phenoxy) is 1. The van der Waals surface area contributed by atoms with Crippen molar-refractivity contribution in [2.45, 2.75) is 25.3 Å². The first-order valence-electron chi connectivity index (χ1n) is 6.39. The van der Waals surface area contributed by atoms with Gasteiger partial charge in [0.15, 0.2) is 0 Å². The fourth-order valence-electron chi connectivity index (χ4n) is 1.87. The molecule has 3 N–H and O–H groups in total. The SMILES string of the molecule is COc1ccc(C)cc1NC(=O)C(=O)NC1(CO)CC1. The molecule has 20 heavy (non-hydrogen) atoms. The molecule has 6 nitrogen and oxygen atoms in total. The number of rotatable bonds is 4. The average molecular weight is 278 g/mol. The average Bonchev–Trinajstić information content (AvgIpc) is 3.19. The molecular formula is C14H18N2O4. The van der Waals surface area contributed by atoms with E-state index in [9.17, 15) is 9.59 Å². The number of aliphatic hydroxyl groups is 1. The summed E-state index contributed by atoms with van der Waals surface area (Å²) in [5.41, 5.74) is 0.780. The second-order valence-corrected chi connectivity index (χ2v) is 5.05. The third-order valence-corrected chi connectivity index (χ3v) is 3.34. The summed E-state index contributed by atoms with van der Waals surface area (Å²) in [6.45, 7) is 1.72. The van der Waals surface area contributed by atoms with Crippen molar-refractivity contribution in [1.82, 2.24) is 5.32 Å².